The Bertz CT molecular complexity index is 1350. The number of ketones is 1. The molecule has 2 atom stereocenters. The predicted molar refractivity (Wildman–Crippen MR) is 134 cm³/mol. The molecule has 0 unspecified atom stereocenters. The van der Waals surface area contributed by atoms with Gasteiger partial charge in [0, 0.05) is 22.4 Å². The zero-order valence-electron chi connectivity index (χ0n) is 20.2. The van der Waals surface area contributed by atoms with Crippen molar-refractivity contribution in [3.05, 3.63) is 83.4 Å². The fourth-order valence-corrected chi connectivity index (χ4v) is 4.68. The number of Topliss-reactive ketones (excluding diaryl/α,β-unsaturated/α-hetero) is 1. The van der Waals surface area contributed by atoms with Crippen molar-refractivity contribution in [1.29, 1.82) is 0 Å². The molecule has 184 valence electrons. The normalized spacial score (nSPS) is 19.8. The van der Waals surface area contributed by atoms with Gasteiger partial charge in [0.1, 0.15) is 28.9 Å². The number of carbonyl (C=O) groups excluding carboxylic acids is 2. The molecule has 0 bridgehead atoms. The Hall–Kier alpha value is -4.33. The molecule has 0 saturated carbocycles. The smallest absolute Gasteiger partial charge is 0.277 e. The Morgan fingerprint density at radius 2 is 1.78 bits per heavy atom. The molecule has 1 amide bonds. The van der Waals surface area contributed by atoms with E-state index in [9.17, 15) is 9.59 Å². The van der Waals surface area contributed by atoms with Gasteiger partial charge < -0.3 is 24.4 Å². The second kappa shape index (κ2) is 9.37. The average molecular weight is 487 g/mol. The van der Waals surface area contributed by atoms with Gasteiger partial charge in [0.25, 0.3) is 11.5 Å². The van der Waals surface area contributed by atoms with Crippen LogP contribution in [-0.2, 0) is 15.2 Å². The van der Waals surface area contributed by atoms with Gasteiger partial charge in [0.15, 0.2) is 5.78 Å². The molecule has 3 aromatic rings. The van der Waals surface area contributed by atoms with Crippen LogP contribution in [0.1, 0.15) is 34.8 Å². The average Bonchev–Trinajstić information content (AvgIpc) is 3.45. The fraction of sp³-hybridized carbons (Fsp3) is 0.250. The Morgan fingerprint density at radius 3 is 2.50 bits per heavy atom. The predicted octanol–water partition coefficient (Wildman–Crippen LogP) is 4.57. The van der Waals surface area contributed by atoms with Crippen molar-refractivity contribution < 1.29 is 28.6 Å². The van der Waals surface area contributed by atoms with Crippen molar-refractivity contribution in [2.75, 3.05) is 26.1 Å². The monoisotopic (exact) mass is 486 g/mol. The summed E-state index contributed by atoms with van der Waals surface area (Å²) in [5, 5.41) is 7.19. The molecule has 1 spiro atoms. The van der Waals surface area contributed by atoms with Crippen LogP contribution in [0.25, 0.3) is 0 Å². The molecule has 2 aliphatic heterocycles. The number of para-hydroxylation sites is 1. The summed E-state index contributed by atoms with van der Waals surface area (Å²) in [7, 11) is 3.08. The standard InChI is InChI=1S/C28H26N2O6/c1-4-15-35-18-11-9-17(10-12-18)26(31)24-25(20-16-19(33-2)13-14-23(20)34-3)30-36-28(24)21-7-5-6-8-22(21)29-27(28)32/h5-14,16,24H,4,15H2,1-3H3,(H,29,32)/t24-,28-/m1/s1. The highest BCUT2D eigenvalue weighted by Crippen LogP contribution is 2.50. The third-order valence-corrected chi connectivity index (χ3v) is 6.44. The van der Waals surface area contributed by atoms with E-state index in [1.807, 2.05) is 13.0 Å². The van der Waals surface area contributed by atoms with E-state index < -0.39 is 17.4 Å². The minimum Gasteiger partial charge on any atom is -0.497 e. The quantitative estimate of drug-likeness (QED) is 0.469. The molecule has 3 aromatic carbocycles. The lowest BCUT2D eigenvalue weighted by Crippen LogP contribution is -2.46. The number of carbonyl (C=O) groups is 2. The number of ether oxygens (including phenoxy) is 3. The third kappa shape index (κ3) is 3.66. The number of fused-ring (bicyclic) bond motifs is 2. The number of anilines is 1. The molecule has 1 N–H and O–H groups in total. The SMILES string of the molecule is CCCOc1ccc(C(=O)[C@H]2C(c3cc(OC)ccc3OC)=NO[C@@]23C(=O)Nc2ccccc23)cc1. The van der Waals surface area contributed by atoms with E-state index in [4.69, 9.17) is 19.0 Å². The van der Waals surface area contributed by atoms with Gasteiger partial charge in [0.05, 0.1) is 20.8 Å². The number of hydrogen-bond acceptors (Lipinski definition) is 7. The van der Waals surface area contributed by atoms with Crippen LogP contribution in [0.4, 0.5) is 5.69 Å². The molecule has 0 fully saturated rings. The lowest BCUT2D eigenvalue weighted by atomic mass is 9.74. The van der Waals surface area contributed by atoms with E-state index >= 15 is 0 Å². The van der Waals surface area contributed by atoms with Crippen LogP contribution < -0.4 is 19.5 Å². The Morgan fingerprint density at radius 1 is 1.03 bits per heavy atom. The molecule has 5 rings (SSSR count). The van der Waals surface area contributed by atoms with Gasteiger partial charge in [-0.15, -0.1) is 0 Å². The minimum absolute atomic E-state index is 0.286. The molecule has 36 heavy (non-hydrogen) atoms. The minimum atomic E-state index is -1.66. The molecule has 2 heterocycles. The van der Waals surface area contributed by atoms with Crippen LogP contribution in [0, 0.1) is 5.92 Å². The molecular weight excluding hydrogens is 460 g/mol. The molecule has 8 heteroatoms. The van der Waals surface area contributed by atoms with Crippen LogP contribution in [0.2, 0.25) is 0 Å². The zero-order valence-corrected chi connectivity index (χ0v) is 20.2. The summed E-state index contributed by atoms with van der Waals surface area (Å²) < 4.78 is 16.6. The van der Waals surface area contributed by atoms with Crippen LogP contribution in [-0.4, -0.2) is 38.2 Å². The number of benzene rings is 3. The first kappa shape index (κ1) is 23.4. The van der Waals surface area contributed by atoms with E-state index in [1.165, 1.54) is 7.11 Å². The lowest BCUT2D eigenvalue weighted by molar-refractivity contribution is -0.140. The maximum absolute atomic E-state index is 14.2. The van der Waals surface area contributed by atoms with Crippen LogP contribution in [0.3, 0.4) is 0 Å². The number of methoxy groups -OCH3 is 2. The number of amides is 1. The Labute approximate surface area is 208 Å². The summed E-state index contributed by atoms with van der Waals surface area (Å²) in [5.41, 5.74) is 0.671. The summed E-state index contributed by atoms with van der Waals surface area (Å²) in [6, 6.07) is 19.2. The van der Waals surface area contributed by atoms with Crippen molar-refractivity contribution in [2.24, 2.45) is 11.1 Å². The topological polar surface area (TPSA) is 95.5 Å². The number of nitrogens with zero attached hydrogens (tertiary/aromatic N) is 1. The highest BCUT2D eigenvalue weighted by Gasteiger charge is 2.63. The van der Waals surface area contributed by atoms with Crippen molar-refractivity contribution in [2.45, 2.75) is 18.9 Å². The maximum Gasteiger partial charge on any atom is 0.277 e. The third-order valence-electron chi connectivity index (χ3n) is 6.44. The van der Waals surface area contributed by atoms with Crippen molar-refractivity contribution >= 4 is 23.1 Å². The van der Waals surface area contributed by atoms with E-state index in [2.05, 4.69) is 10.5 Å². The van der Waals surface area contributed by atoms with Crippen LogP contribution in [0.5, 0.6) is 17.2 Å². The maximum atomic E-state index is 14.2. The van der Waals surface area contributed by atoms with Gasteiger partial charge in [-0.2, -0.15) is 0 Å². The van der Waals surface area contributed by atoms with Crippen LogP contribution >= 0.6 is 0 Å². The summed E-state index contributed by atoms with van der Waals surface area (Å²) in [4.78, 5) is 33.6. The number of nitrogens with one attached hydrogen (secondary N) is 1. The highest BCUT2D eigenvalue weighted by atomic mass is 16.7. The lowest BCUT2D eigenvalue weighted by Gasteiger charge is -2.27. The second-order valence-corrected chi connectivity index (χ2v) is 8.54. The van der Waals surface area contributed by atoms with Crippen molar-refractivity contribution in [3.63, 3.8) is 0 Å². The van der Waals surface area contributed by atoms with E-state index in [1.54, 1.807) is 67.8 Å². The van der Waals surface area contributed by atoms with Crippen LogP contribution in [0.15, 0.2) is 71.9 Å². The van der Waals surface area contributed by atoms with Gasteiger partial charge >= 0.3 is 0 Å². The Kier molecular flexibility index (Phi) is 6.10. The first-order valence-corrected chi connectivity index (χ1v) is 11.7. The van der Waals surface area contributed by atoms with E-state index in [0.717, 1.165) is 6.42 Å². The highest BCUT2D eigenvalue weighted by molar-refractivity contribution is 6.25. The van der Waals surface area contributed by atoms with Gasteiger partial charge in [0.2, 0.25) is 0 Å². The molecule has 0 radical (unpaired) electrons. The fourth-order valence-electron chi connectivity index (χ4n) is 4.68. The number of oxime groups is 1. The van der Waals surface area contributed by atoms with E-state index in [-0.39, 0.29) is 11.5 Å². The summed E-state index contributed by atoms with van der Waals surface area (Å²) in [6.45, 7) is 2.60. The van der Waals surface area contributed by atoms with Crippen molar-refractivity contribution in [3.8, 4) is 17.2 Å². The first-order valence-electron chi connectivity index (χ1n) is 11.7. The molecule has 0 aromatic heterocycles. The molecular formula is C28H26N2O6. The van der Waals surface area contributed by atoms with E-state index in [0.29, 0.717) is 46.2 Å². The molecule has 0 saturated heterocycles. The summed E-state index contributed by atoms with van der Waals surface area (Å²) in [6.07, 6.45) is 0.874. The van der Waals surface area contributed by atoms with Gasteiger partial charge in [-0.3, -0.25) is 9.59 Å². The van der Waals surface area contributed by atoms with Gasteiger partial charge in [-0.25, -0.2) is 0 Å². The van der Waals surface area contributed by atoms with Gasteiger partial charge in [-0.1, -0.05) is 30.3 Å². The number of rotatable bonds is 8. The Balaban J connectivity index is 1.65. The molecule has 0 aliphatic carbocycles. The second-order valence-electron chi connectivity index (χ2n) is 8.54. The summed E-state index contributed by atoms with van der Waals surface area (Å²) >= 11 is 0. The molecule has 8 nitrogen and oxygen atoms in total. The summed E-state index contributed by atoms with van der Waals surface area (Å²) in [5.74, 6) is -0.157. The first-order chi connectivity index (χ1) is 17.5. The molecule has 2 aliphatic rings. The van der Waals surface area contributed by atoms with Gasteiger partial charge in [-0.05, 0) is 55.0 Å². The van der Waals surface area contributed by atoms with Crippen molar-refractivity contribution in [1.82, 2.24) is 0 Å². The largest absolute Gasteiger partial charge is 0.497 e. The zero-order chi connectivity index (χ0) is 25.3. The number of hydrogen-bond donors (Lipinski definition) is 1.